The summed E-state index contributed by atoms with van der Waals surface area (Å²) in [5.41, 5.74) is 9.06. The topological polar surface area (TPSA) is 43.8 Å². The van der Waals surface area contributed by atoms with Gasteiger partial charge < -0.3 is 10.3 Å². The van der Waals surface area contributed by atoms with Crippen LogP contribution in [-0.4, -0.2) is 9.55 Å². The molecule has 0 amide bonds. The Morgan fingerprint density at radius 2 is 2.27 bits per heavy atom. The summed E-state index contributed by atoms with van der Waals surface area (Å²) < 4.78 is 2.26. The molecule has 1 fully saturated rings. The lowest BCUT2D eigenvalue weighted by atomic mass is 10.2. The predicted octanol–water partition coefficient (Wildman–Crippen LogP) is 1.91. The first-order valence-electron chi connectivity index (χ1n) is 5.50. The number of aromatic nitrogens is 2. The second kappa shape index (κ2) is 3.35. The number of benzene rings is 1. The van der Waals surface area contributed by atoms with Crippen LogP contribution in [0.3, 0.4) is 0 Å². The molecule has 0 aliphatic heterocycles. The van der Waals surface area contributed by atoms with Crippen molar-refractivity contribution in [2.75, 3.05) is 0 Å². The number of hydrogen-bond acceptors (Lipinski definition) is 2. The molecule has 3 heteroatoms. The monoisotopic (exact) mass is 201 g/mol. The van der Waals surface area contributed by atoms with Gasteiger partial charge in [-0.05, 0) is 36.5 Å². The first-order chi connectivity index (χ1) is 7.36. The molecule has 78 valence electrons. The van der Waals surface area contributed by atoms with Crippen molar-refractivity contribution in [1.82, 2.24) is 9.55 Å². The van der Waals surface area contributed by atoms with Crippen LogP contribution in [0.5, 0.6) is 0 Å². The Balaban J connectivity index is 2.01. The van der Waals surface area contributed by atoms with E-state index in [4.69, 9.17) is 5.73 Å². The molecule has 0 radical (unpaired) electrons. The van der Waals surface area contributed by atoms with Gasteiger partial charge in [0.05, 0.1) is 17.4 Å². The van der Waals surface area contributed by atoms with Crippen LogP contribution >= 0.6 is 0 Å². The third kappa shape index (κ3) is 1.63. The lowest BCUT2D eigenvalue weighted by Crippen LogP contribution is -1.98. The third-order valence-corrected chi connectivity index (χ3v) is 3.07. The SMILES string of the molecule is NCc1ccc2c(c1)ncn2CC1CC1. The Labute approximate surface area is 88.9 Å². The van der Waals surface area contributed by atoms with Crippen LogP contribution in [0.15, 0.2) is 24.5 Å². The van der Waals surface area contributed by atoms with E-state index >= 15 is 0 Å². The number of imidazole rings is 1. The highest BCUT2D eigenvalue weighted by atomic mass is 15.0. The molecule has 3 rings (SSSR count). The molecule has 1 aromatic carbocycles. The van der Waals surface area contributed by atoms with Gasteiger partial charge in [-0.25, -0.2) is 4.98 Å². The molecular weight excluding hydrogens is 186 g/mol. The van der Waals surface area contributed by atoms with Gasteiger partial charge >= 0.3 is 0 Å². The van der Waals surface area contributed by atoms with E-state index in [9.17, 15) is 0 Å². The minimum Gasteiger partial charge on any atom is -0.330 e. The maximum Gasteiger partial charge on any atom is 0.0958 e. The summed E-state index contributed by atoms with van der Waals surface area (Å²) in [5, 5.41) is 0. The van der Waals surface area contributed by atoms with Crippen LogP contribution in [0, 0.1) is 5.92 Å². The molecule has 2 N–H and O–H groups in total. The van der Waals surface area contributed by atoms with Crippen LogP contribution in [0.1, 0.15) is 18.4 Å². The first-order valence-corrected chi connectivity index (χ1v) is 5.50. The summed E-state index contributed by atoms with van der Waals surface area (Å²) in [6.07, 6.45) is 4.70. The lowest BCUT2D eigenvalue weighted by Gasteiger charge is -2.02. The summed E-state index contributed by atoms with van der Waals surface area (Å²) in [6, 6.07) is 6.30. The fourth-order valence-electron chi connectivity index (χ4n) is 1.96. The smallest absolute Gasteiger partial charge is 0.0958 e. The molecular formula is C12H15N3. The van der Waals surface area contributed by atoms with Gasteiger partial charge in [-0.1, -0.05) is 6.07 Å². The Morgan fingerprint density at radius 1 is 1.40 bits per heavy atom. The molecule has 0 bridgehead atoms. The van der Waals surface area contributed by atoms with Crippen molar-refractivity contribution >= 4 is 11.0 Å². The third-order valence-electron chi connectivity index (χ3n) is 3.07. The zero-order valence-electron chi connectivity index (χ0n) is 8.69. The van der Waals surface area contributed by atoms with Gasteiger partial charge in [0.1, 0.15) is 0 Å². The minimum absolute atomic E-state index is 0.589. The van der Waals surface area contributed by atoms with Crippen molar-refractivity contribution in [3.8, 4) is 0 Å². The fraction of sp³-hybridized carbons (Fsp3) is 0.417. The van der Waals surface area contributed by atoms with Gasteiger partial charge in [-0.15, -0.1) is 0 Å². The van der Waals surface area contributed by atoms with Crippen LogP contribution in [-0.2, 0) is 13.1 Å². The second-order valence-corrected chi connectivity index (χ2v) is 4.37. The predicted molar refractivity (Wildman–Crippen MR) is 60.3 cm³/mol. The van der Waals surface area contributed by atoms with Crippen molar-refractivity contribution in [3.63, 3.8) is 0 Å². The largest absolute Gasteiger partial charge is 0.330 e. The van der Waals surface area contributed by atoms with E-state index in [1.54, 1.807) is 0 Å². The maximum absolute atomic E-state index is 5.60. The average Bonchev–Trinajstić information content (AvgIpc) is 2.99. The molecule has 15 heavy (non-hydrogen) atoms. The van der Waals surface area contributed by atoms with Crippen LogP contribution in [0.2, 0.25) is 0 Å². The van der Waals surface area contributed by atoms with E-state index in [1.807, 2.05) is 6.33 Å². The van der Waals surface area contributed by atoms with E-state index in [0.717, 1.165) is 23.5 Å². The Kier molecular flexibility index (Phi) is 1.99. The molecule has 1 heterocycles. The number of hydrogen-bond donors (Lipinski definition) is 1. The molecule has 1 aromatic heterocycles. The Hall–Kier alpha value is -1.35. The first kappa shape index (κ1) is 8.92. The highest BCUT2D eigenvalue weighted by molar-refractivity contribution is 5.76. The summed E-state index contributed by atoms with van der Waals surface area (Å²) in [4.78, 5) is 4.42. The molecule has 2 aromatic rings. The summed E-state index contributed by atoms with van der Waals surface area (Å²) in [5.74, 6) is 0.886. The minimum atomic E-state index is 0.589. The van der Waals surface area contributed by atoms with Gasteiger partial charge in [0.15, 0.2) is 0 Å². The normalized spacial score (nSPS) is 16.1. The highest BCUT2D eigenvalue weighted by Crippen LogP contribution is 2.31. The van der Waals surface area contributed by atoms with Crippen molar-refractivity contribution in [3.05, 3.63) is 30.1 Å². The van der Waals surface area contributed by atoms with Gasteiger partial charge in [0.2, 0.25) is 0 Å². The molecule has 1 aliphatic rings. The van der Waals surface area contributed by atoms with Gasteiger partial charge in [0, 0.05) is 13.1 Å². The quantitative estimate of drug-likeness (QED) is 0.824. The van der Waals surface area contributed by atoms with Gasteiger partial charge in [-0.2, -0.15) is 0 Å². The van der Waals surface area contributed by atoms with Crippen LogP contribution < -0.4 is 5.73 Å². The number of nitrogens with zero attached hydrogens (tertiary/aromatic N) is 2. The fourth-order valence-corrected chi connectivity index (χ4v) is 1.96. The van der Waals surface area contributed by atoms with E-state index in [0.29, 0.717) is 6.54 Å². The number of nitrogens with two attached hydrogens (primary N) is 1. The second-order valence-electron chi connectivity index (χ2n) is 4.37. The molecule has 0 saturated heterocycles. The highest BCUT2D eigenvalue weighted by Gasteiger charge is 2.22. The molecule has 0 spiro atoms. The van der Waals surface area contributed by atoms with Crippen molar-refractivity contribution in [1.29, 1.82) is 0 Å². The maximum atomic E-state index is 5.60. The Bertz CT molecular complexity index is 483. The van der Waals surface area contributed by atoms with Crippen molar-refractivity contribution in [2.24, 2.45) is 11.7 Å². The number of rotatable bonds is 3. The van der Waals surface area contributed by atoms with Crippen molar-refractivity contribution < 1.29 is 0 Å². The summed E-state index contributed by atoms with van der Waals surface area (Å²) in [7, 11) is 0. The van der Waals surface area contributed by atoms with Crippen molar-refractivity contribution in [2.45, 2.75) is 25.9 Å². The zero-order valence-corrected chi connectivity index (χ0v) is 8.69. The van der Waals surface area contributed by atoms with E-state index < -0.39 is 0 Å². The average molecular weight is 201 g/mol. The summed E-state index contributed by atoms with van der Waals surface area (Å²) in [6.45, 7) is 1.71. The lowest BCUT2D eigenvalue weighted by molar-refractivity contribution is 0.642. The summed E-state index contributed by atoms with van der Waals surface area (Å²) >= 11 is 0. The zero-order chi connectivity index (χ0) is 10.3. The molecule has 0 atom stereocenters. The van der Waals surface area contributed by atoms with Crippen LogP contribution in [0.25, 0.3) is 11.0 Å². The Morgan fingerprint density at radius 3 is 3.00 bits per heavy atom. The van der Waals surface area contributed by atoms with Gasteiger partial charge in [-0.3, -0.25) is 0 Å². The molecule has 0 unspecified atom stereocenters. The molecule has 3 nitrogen and oxygen atoms in total. The standard InChI is InChI=1S/C12H15N3/c13-6-10-3-4-12-11(5-10)14-8-15(12)7-9-1-2-9/h3-5,8-9H,1-2,6-7,13H2. The molecule has 1 aliphatic carbocycles. The molecule has 1 saturated carbocycles. The van der Waals surface area contributed by atoms with E-state index in [-0.39, 0.29) is 0 Å². The van der Waals surface area contributed by atoms with Gasteiger partial charge in [0.25, 0.3) is 0 Å². The van der Waals surface area contributed by atoms with E-state index in [1.165, 1.54) is 18.4 Å². The van der Waals surface area contributed by atoms with E-state index in [2.05, 4.69) is 27.8 Å². The number of fused-ring (bicyclic) bond motifs is 1. The van der Waals surface area contributed by atoms with Crippen LogP contribution in [0.4, 0.5) is 0 Å².